The standard InChI is InChI=1S/C10H7Cl2N.HNO2.Na/c11-7-2-3-8-6(5-7)1-4-9(13)10(8)12;2-1-3;/h1-5H,13H2;(H,2,3);/q;;+1/p-1. The smallest absolute Gasteiger partial charge is 0.444 e. The molecule has 2 N–H and O–H groups in total. The predicted octanol–water partition coefficient (Wildman–Crippen LogP) is 0.983. The summed E-state index contributed by atoms with van der Waals surface area (Å²) < 4.78 is 0. The van der Waals surface area contributed by atoms with E-state index in [9.17, 15) is 0 Å². The second kappa shape index (κ2) is 7.74. The van der Waals surface area contributed by atoms with Gasteiger partial charge in [0.05, 0.1) is 10.7 Å². The molecule has 0 fully saturated rings. The maximum absolute atomic E-state index is 8.00. The van der Waals surface area contributed by atoms with E-state index in [1.54, 1.807) is 12.1 Å². The second-order valence-electron chi connectivity index (χ2n) is 2.91. The molecule has 2 aromatic carbocycles. The van der Waals surface area contributed by atoms with Crippen LogP contribution in [0.25, 0.3) is 10.8 Å². The molecule has 0 saturated carbocycles. The predicted molar refractivity (Wildman–Crippen MR) is 67.5 cm³/mol. The molecule has 0 amide bonds. The Morgan fingerprint density at radius 2 is 1.76 bits per heavy atom. The Bertz CT molecular complexity index is 523. The van der Waals surface area contributed by atoms with E-state index >= 15 is 0 Å². The SMILES string of the molecule is Nc1ccc2cc(Cl)ccc2c1Cl.O=N[O-].[Na+]. The molecule has 0 radical (unpaired) electrons. The molecular weight excluding hydrogens is 274 g/mol. The van der Waals surface area contributed by atoms with Crippen LogP contribution in [-0.2, 0) is 0 Å². The number of nitrogens with zero attached hydrogens (tertiary/aromatic N) is 1. The number of halogens is 2. The number of hydrogen-bond acceptors (Lipinski definition) is 4. The van der Waals surface area contributed by atoms with Crippen LogP contribution in [0.5, 0.6) is 0 Å². The van der Waals surface area contributed by atoms with Crippen LogP contribution in [0, 0.1) is 10.1 Å². The van der Waals surface area contributed by atoms with Gasteiger partial charge in [-0.15, -0.1) is 5.34 Å². The van der Waals surface area contributed by atoms with Gasteiger partial charge in [0, 0.05) is 10.4 Å². The molecule has 0 unspecified atom stereocenters. The largest absolute Gasteiger partial charge is 1.00 e. The zero-order valence-electron chi connectivity index (χ0n) is 8.98. The first-order chi connectivity index (χ1) is 7.60. The molecule has 17 heavy (non-hydrogen) atoms. The Kier molecular flexibility index (Phi) is 7.50. The van der Waals surface area contributed by atoms with Crippen molar-refractivity contribution in [1.29, 1.82) is 0 Å². The van der Waals surface area contributed by atoms with E-state index in [1.807, 2.05) is 18.2 Å². The van der Waals surface area contributed by atoms with Gasteiger partial charge in [0.1, 0.15) is 0 Å². The van der Waals surface area contributed by atoms with Crippen molar-refractivity contribution in [3.8, 4) is 0 Å². The molecule has 0 atom stereocenters. The fourth-order valence-electron chi connectivity index (χ4n) is 1.28. The molecule has 0 aliphatic rings. The van der Waals surface area contributed by atoms with Crippen molar-refractivity contribution in [3.05, 3.63) is 50.5 Å². The summed E-state index contributed by atoms with van der Waals surface area (Å²) in [6.07, 6.45) is 0. The van der Waals surface area contributed by atoms with E-state index in [1.165, 1.54) is 0 Å². The number of rotatable bonds is 0. The van der Waals surface area contributed by atoms with E-state index < -0.39 is 0 Å². The molecule has 0 aromatic heterocycles. The molecular formula is C10H7Cl2N2NaO2. The van der Waals surface area contributed by atoms with Crippen molar-refractivity contribution in [3.63, 3.8) is 0 Å². The normalized spacial score (nSPS) is 8.82. The van der Waals surface area contributed by atoms with Gasteiger partial charge in [-0.3, -0.25) is 0 Å². The van der Waals surface area contributed by atoms with Crippen LogP contribution in [0.4, 0.5) is 5.69 Å². The average Bonchev–Trinajstić information content (AvgIpc) is 2.25. The quantitative estimate of drug-likeness (QED) is 0.338. The molecule has 0 spiro atoms. The third-order valence-corrected chi connectivity index (χ3v) is 2.60. The molecule has 84 valence electrons. The van der Waals surface area contributed by atoms with Crippen molar-refractivity contribution >= 4 is 39.7 Å². The molecule has 0 aliphatic heterocycles. The third kappa shape index (κ3) is 4.33. The first-order valence-electron chi connectivity index (χ1n) is 4.18. The minimum absolute atomic E-state index is 0. The molecule has 0 aliphatic carbocycles. The van der Waals surface area contributed by atoms with Crippen LogP contribution in [0.2, 0.25) is 10.0 Å². The van der Waals surface area contributed by atoms with Gasteiger partial charge in [0.15, 0.2) is 0 Å². The van der Waals surface area contributed by atoms with Crippen molar-refractivity contribution < 1.29 is 29.6 Å². The Hall–Kier alpha value is -0.520. The van der Waals surface area contributed by atoms with Crippen LogP contribution >= 0.6 is 23.2 Å². The fraction of sp³-hybridized carbons (Fsp3) is 0. The Balaban J connectivity index is 0.000000583. The van der Waals surface area contributed by atoms with Gasteiger partial charge in [-0.05, 0) is 23.6 Å². The first kappa shape index (κ1) is 16.5. The van der Waals surface area contributed by atoms with Gasteiger partial charge >= 0.3 is 29.6 Å². The summed E-state index contributed by atoms with van der Waals surface area (Å²) in [6.45, 7) is 0. The van der Waals surface area contributed by atoms with Gasteiger partial charge in [0.25, 0.3) is 0 Å². The first-order valence-corrected chi connectivity index (χ1v) is 4.94. The number of fused-ring (bicyclic) bond motifs is 1. The van der Waals surface area contributed by atoms with E-state index in [-0.39, 0.29) is 29.6 Å². The van der Waals surface area contributed by atoms with Crippen LogP contribution < -0.4 is 35.3 Å². The fourth-order valence-corrected chi connectivity index (χ4v) is 1.70. The van der Waals surface area contributed by atoms with Crippen LogP contribution in [0.15, 0.2) is 35.7 Å². The Morgan fingerprint density at radius 1 is 1.18 bits per heavy atom. The summed E-state index contributed by atoms with van der Waals surface area (Å²) in [4.78, 5) is 8.00. The van der Waals surface area contributed by atoms with E-state index in [4.69, 9.17) is 39.0 Å². The van der Waals surface area contributed by atoms with E-state index in [0.717, 1.165) is 16.1 Å². The molecule has 0 saturated heterocycles. The maximum atomic E-state index is 8.00. The van der Waals surface area contributed by atoms with Crippen molar-refractivity contribution in [2.45, 2.75) is 0 Å². The number of hydrogen-bond donors (Lipinski definition) is 1. The minimum Gasteiger partial charge on any atom is -0.444 e. The number of anilines is 1. The van der Waals surface area contributed by atoms with Gasteiger partial charge in [0.2, 0.25) is 0 Å². The van der Waals surface area contributed by atoms with Gasteiger partial charge in [-0.25, -0.2) is 0 Å². The number of nitrogens with two attached hydrogens (primary N) is 1. The zero-order valence-corrected chi connectivity index (χ0v) is 12.5. The number of nitrogen functional groups attached to an aromatic ring is 1. The Labute approximate surface area is 130 Å². The van der Waals surface area contributed by atoms with E-state index in [2.05, 4.69) is 0 Å². The Morgan fingerprint density at radius 3 is 2.35 bits per heavy atom. The summed E-state index contributed by atoms with van der Waals surface area (Å²) in [6, 6.07) is 9.22. The summed E-state index contributed by atoms with van der Waals surface area (Å²) in [5.41, 5.74) is 6.25. The maximum Gasteiger partial charge on any atom is 1.00 e. The van der Waals surface area contributed by atoms with Crippen molar-refractivity contribution in [2.24, 2.45) is 5.34 Å². The van der Waals surface area contributed by atoms with Gasteiger partial charge < -0.3 is 15.8 Å². The molecule has 0 heterocycles. The van der Waals surface area contributed by atoms with Crippen LogP contribution in [-0.4, -0.2) is 0 Å². The summed E-state index contributed by atoms with van der Waals surface area (Å²) in [5, 5.41) is 12.2. The van der Waals surface area contributed by atoms with Gasteiger partial charge in [-0.1, -0.05) is 35.3 Å². The minimum atomic E-state index is 0. The third-order valence-electron chi connectivity index (χ3n) is 1.95. The van der Waals surface area contributed by atoms with Crippen LogP contribution in [0.3, 0.4) is 0 Å². The zero-order chi connectivity index (χ0) is 12.1. The molecule has 0 bridgehead atoms. The second-order valence-corrected chi connectivity index (χ2v) is 3.72. The van der Waals surface area contributed by atoms with Crippen molar-refractivity contribution in [1.82, 2.24) is 0 Å². The molecule has 4 nitrogen and oxygen atoms in total. The van der Waals surface area contributed by atoms with E-state index in [0.29, 0.717) is 15.7 Å². The summed E-state index contributed by atoms with van der Waals surface area (Å²) in [7, 11) is 0. The summed E-state index contributed by atoms with van der Waals surface area (Å²) in [5.74, 6) is 0. The number of benzene rings is 2. The molecule has 2 aromatic rings. The van der Waals surface area contributed by atoms with Crippen molar-refractivity contribution in [2.75, 3.05) is 5.73 Å². The topological polar surface area (TPSA) is 78.5 Å². The van der Waals surface area contributed by atoms with Gasteiger partial charge in [-0.2, -0.15) is 0 Å². The molecule has 2 rings (SSSR count). The molecule has 7 heteroatoms. The monoisotopic (exact) mass is 280 g/mol. The average molecular weight is 281 g/mol. The van der Waals surface area contributed by atoms with Crippen LogP contribution in [0.1, 0.15) is 0 Å². The summed E-state index contributed by atoms with van der Waals surface area (Å²) >= 11 is 11.8.